The Kier molecular flexibility index (Phi) is 4.28. The number of amides is 1. The Labute approximate surface area is 166 Å². The van der Waals surface area contributed by atoms with Gasteiger partial charge < -0.3 is 4.90 Å². The number of carbonyl (C=O) groups excluding carboxylic acids is 1. The maximum Gasteiger partial charge on any atom is 0.237 e. The zero-order valence-corrected chi connectivity index (χ0v) is 16.7. The largest absolute Gasteiger partial charge is 0.308 e. The lowest BCUT2D eigenvalue weighted by Crippen LogP contribution is -2.37. The highest BCUT2D eigenvalue weighted by atomic mass is 32.2. The first kappa shape index (κ1) is 17.0. The standard InChI is InChI=1S/C20H20N4OS2/c1-13-11-14-5-2-3-6-16(14)23(13)18(25)12-27-20-22-21-19(17-7-4-10-26-17)24(20)15-8-9-15/h2-7,10,13,15H,8-9,11-12H2,1H3. The summed E-state index contributed by atoms with van der Waals surface area (Å²) < 4.78 is 2.23. The van der Waals surface area contributed by atoms with E-state index in [0.29, 0.717) is 11.8 Å². The van der Waals surface area contributed by atoms with Gasteiger partial charge in [-0.1, -0.05) is 36.0 Å². The van der Waals surface area contributed by atoms with Crippen LogP contribution in [0.25, 0.3) is 10.7 Å². The first-order chi connectivity index (χ1) is 13.2. The van der Waals surface area contributed by atoms with Crippen LogP contribution in [0.3, 0.4) is 0 Å². The molecule has 3 heterocycles. The van der Waals surface area contributed by atoms with Gasteiger partial charge in [0.15, 0.2) is 11.0 Å². The van der Waals surface area contributed by atoms with Gasteiger partial charge in [0.1, 0.15) is 0 Å². The summed E-state index contributed by atoms with van der Waals surface area (Å²) in [6, 6.07) is 13.0. The van der Waals surface area contributed by atoms with Crippen LogP contribution < -0.4 is 4.90 Å². The van der Waals surface area contributed by atoms with Crippen molar-refractivity contribution in [2.24, 2.45) is 0 Å². The highest BCUT2D eigenvalue weighted by Crippen LogP contribution is 2.42. The van der Waals surface area contributed by atoms with Crippen LogP contribution in [0.15, 0.2) is 46.9 Å². The van der Waals surface area contributed by atoms with E-state index in [9.17, 15) is 4.79 Å². The third-order valence-electron chi connectivity index (χ3n) is 5.12. The molecule has 5 rings (SSSR count). The van der Waals surface area contributed by atoms with E-state index in [1.165, 1.54) is 17.3 Å². The third kappa shape index (κ3) is 3.08. The number of hydrogen-bond donors (Lipinski definition) is 0. The number of rotatable bonds is 5. The summed E-state index contributed by atoms with van der Waals surface area (Å²) in [5.41, 5.74) is 2.31. The molecule has 0 saturated heterocycles. The molecule has 2 aliphatic rings. The van der Waals surface area contributed by atoms with Gasteiger partial charge in [-0.2, -0.15) is 0 Å². The molecule has 27 heavy (non-hydrogen) atoms. The number of anilines is 1. The molecule has 5 nitrogen and oxygen atoms in total. The molecule has 0 N–H and O–H groups in total. The van der Waals surface area contributed by atoms with Gasteiger partial charge in [0.05, 0.1) is 10.6 Å². The zero-order valence-electron chi connectivity index (χ0n) is 15.0. The highest BCUT2D eigenvalue weighted by molar-refractivity contribution is 7.99. The molecule has 1 amide bonds. The molecule has 0 bridgehead atoms. The second-order valence-electron chi connectivity index (χ2n) is 7.12. The second-order valence-corrected chi connectivity index (χ2v) is 9.01. The van der Waals surface area contributed by atoms with E-state index >= 15 is 0 Å². The minimum absolute atomic E-state index is 0.139. The summed E-state index contributed by atoms with van der Waals surface area (Å²) in [5, 5.41) is 11.7. The van der Waals surface area contributed by atoms with Gasteiger partial charge in [-0.15, -0.1) is 21.5 Å². The van der Waals surface area contributed by atoms with Crippen LogP contribution in [0.2, 0.25) is 0 Å². The van der Waals surface area contributed by atoms with Gasteiger partial charge >= 0.3 is 0 Å². The molecule has 1 atom stereocenters. The number of fused-ring (bicyclic) bond motifs is 1. The summed E-state index contributed by atoms with van der Waals surface area (Å²) in [6.07, 6.45) is 3.25. The Balaban J connectivity index is 1.36. The predicted molar refractivity (Wildman–Crippen MR) is 109 cm³/mol. The minimum atomic E-state index is 0.139. The van der Waals surface area contributed by atoms with E-state index in [1.807, 2.05) is 29.2 Å². The van der Waals surface area contributed by atoms with Gasteiger partial charge in [-0.25, -0.2) is 0 Å². The molecule has 1 fully saturated rings. The Bertz CT molecular complexity index is 978. The van der Waals surface area contributed by atoms with Crippen LogP contribution >= 0.6 is 23.1 Å². The number of nitrogens with zero attached hydrogens (tertiary/aromatic N) is 4. The fraction of sp³-hybridized carbons (Fsp3) is 0.350. The smallest absolute Gasteiger partial charge is 0.237 e. The van der Waals surface area contributed by atoms with Gasteiger partial charge in [0.25, 0.3) is 0 Å². The summed E-state index contributed by atoms with van der Waals surface area (Å²) in [5.74, 6) is 1.45. The number of thioether (sulfide) groups is 1. The van der Waals surface area contributed by atoms with Gasteiger partial charge in [0.2, 0.25) is 5.91 Å². The van der Waals surface area contributed by atoms with E-state index in [2.05, 4.69) is 39.2 Å². The number of hydrogen-bond acceptors (Lipinski definition) is 5. The van der Waals surface area contributed by atoms with Crippen LogP contribution in [0.4, 0.5) is 5.69 Å². The van der Waals surface area contributed by atoms with Crippen molar-refractivity contribution in [1.82, 2.24) is 14.8 Å². The summed E-state index contributed by atoms with van der Waals surface area (Å²) in [7, 11) is 0. The van der Waals surface area contributed by atoms with E-state index in [1.54, 1.807) is 11.3 Å². The van der Waals surface area contributed by atoms with Crippen molar-refractivity contribution in [3.8, 4) is 10.7 Å². The molecule has 0 spiro atoms. The van der Waals surface area contributed by atoms with E-state index in [0.717, 1.165) is 40.8 Å². The van der Waals surface area contributed by atoms with Crippen LogP contribution in [-0.4, -0.2) is 32.5 Å². The van der Waals surface area contributed by atoms with Crippen LogP contribution in [0.1, 0.15) is 31.4 Å². The first-order valence-corrected chi connectivity index (χ1v) is 11.1. The number of benzene rings is 1. The number of aromatic nitrogens is 3. The molecule has 0 radical (unpaired) electrons. The van der Waals surface area contributed by atoms with Crippen molar-refractivity contribution in [1.29, 1.82) is 0 Å². The normalized spacial score (nSPS) is 18.7. The average Bonchev–Trinajstić information content (AvgIpc) is 3.09. The molecule has 3 aromatic rings. The fourth-order valence-corrected chi connectivity index (χ4v) is 5.32. The minimum Gasteiger partial charge on any atom is -0.308 e. The summed E-state index contributed by atoms with van der Waals surface area (Å²) >= 11 is 3.19. The van der Waals surface area contributed by atoms with Crippen molar-refractivity contribution in [2.45, 2.75) is 43.4 Å². The lowest BCUT2D eigenvalue weighted by atomic mass is 10.1. The third-order valence-corrected chi connectivity index (χ3v) is 6.91. The lowest BCUT2D eigenvalue weighted by Gasteiger charge is -2.22. The van der Waals surface area contributed by atoms with Crippen molar-refractivity contribution in [3.05, 3.63) is 47.3 Å². The molecular weight excluding hydrogens is 376 g/mol. The molecule has 1 aliphatic heterocycles. The van der Waals surface area contributed by atoms with Crippen LogP contribution in [-0.2, 0) is 11.2 Å². The molecule has 1 aromatic carbocycles. The Hall–Kier alpha value is -2.12. The molecule has 1 saturated carbocycles. The zero-order chi connectivity index (χ0) is 18.4. The maximum absolute atomic E-state index is 13.0. The fourth-order valence-electron chi connectivity index (χ4n) is 3.75. The number of para-hydroxylation sites is 1. The Morgan fingerprint density at radius 3 is 2.85 bits per heavy atom. The predicted octanol–water partition coefficient (Wildman–Crippen LogP) is 4.41. The van der Waals surface area contributed by atoms with Crippen molar-refractivity contribution < 1.29 is 4.79 Å². The quantitative estimate of drug-likeness (QED) is 0.600. The summed E-state index contributed by atoms with van der Waals surface area (Å²) in [4.78, 5) is 16.1. The molecule has 7 heteroatoms. The number of thiophene rings is 1. The first-order valence-electron chi connectivity index (χ1n) is 9.24. The van der Waals surface area contributed by atoms with Crippen molar-refractivity contribution in [3.63, 3.8) is 0 Å². The van der Waals surface area contributed by atoms with Crippen molar-refractivity contribution in [2.75, 3.05) is 10.7 Å². The average molecular weight is 397 g/mol. The lowest BCUT2D eigenvalue weighted by molar-refractivity contribution is -0.116. The molecule has 138 valence electrons. The summed E-state index contributed by atoms with van der Waals surface area (Å²) in [6.45, 7) is 2.12. The topological polar surface area (TPSA) is 51.0 Å². The highest BCUT2D eigenvalue weighted by Gasteiger charge is 2.33. The van der Waals surface area contributed by atoms with E-state index < -0.39 is 0 Å². The Morgan fingerprint density at radius 1 is 1.22 bits per heavy atom. The molecule has 2 aromatic heterocycles. The second kappa shape index (κ2) is 6.80. The monoisotopic (exact) mass is 396 g/mol. The van der Waals surface area contributed by atoms with Gasteiger partial charge in [-0.3, -0.25) is 9.36 Å². The van der Waals surface area contributed by atoms with E-state index in [4.69, 9.17) is 0 Å². The SMILES string of the molecule is CC1Cc2ccccc2N1C(=O)CSc1nnc(-c2cccs2)n1C1CC1. The molecule has 1 aliphatic carbocycles. The van der Waals surface area contributed by atoms with Gasteiger partial charge in [-0.05, 0) is 49.3 Å². The van der Waals surface area contributed by atoms with Gasteiger partial charge in [0, 0.05) is 17.8 Å². The molecule has 1 unspecified atom stereocenters. The van der Waals surface area contributed by atoms with Crippen molar-refractivity contribution >= 4 is 34.7 Å². The van der Waals surface area contributed by atoms with Crippen LogP contribution in [0, 0.1) is 0 Å². The Morgan fingerprint density at radius 2 is 2.07 bits per heavy atom. The van der Waals surface area contributed by atoms with E-state index in [-0.39, 0.29) is 11.9 Å². The number of carbonyl (C=O) groups is 1. The molecular formula is C20H20N4OS2. The maximum atomic E-state index is 13.0. The van der Waals surface area contributed by atoms with Crippen LogP contribution in [0.5, 0.6) is 0 Å².